The van der Waals surface area contributed by atoms with Crippen LogP contribution in [0.4, 0.5) is 0 Å². The summed E-state index contributed by atoms with van der Waals surface area (Å²) in [6.07, 6.45) is -1.35. The third-order valence-electron chi connectivity index (χ3n) is 5.93. The molecule has 3 aromatic carbocycles. The van der Waals surface area contributed by atoms with E-state index in [1.807, 2.05) is 91.0 Å². The molecule has 3 aromatic rings. The first-order valence-corrected chi connectivity index (χ1v) is 14.0. The summed E-state index contributed by atoms with van der Waals surface area (Å²) < 4.78 is 33.8. The molecule has 0 saturated carbocycles. The number of phosphoric acid groups is 1. The van der Waals surface area contributed by atoms with E-state index in [4.69, 9.17) is 13.6 Å². The summed E-state index contributed by atoms with van der Waals surface area (Å²) in [4.78, 5) is 0. The van der Waals surface area contributed by atoms with Crippen molar-refractivity contribution in [1.29, 1.82) is 0 Å². The number of phosphoric ester groups is 1. The summed E-state index contributed by atoms with van der Waals surface area (Å²) in [5, 5.41) is 0. The fourth-order valence-corrected chi connectivity index (χ4v) is 6.20. The first-order chi connectivity index (χ1) is 16.7. The Bertz CT molecular complexity index is 915. The van der Waals surface area contributed by atoms with E-state index >= 15 is 0 Å². The molecule has 188 valence electrons. The first kappa shape index (κ1) is 27.4. The van der Waals surface area contributed by atoms with E-state index in [1.165, 1.54) is 0 Å². The Morgan fingerprint density at radius 3 is 0.886 bits per heavy atom. The average molecular weight is 495 g/mol. The molecule has 0 aliphatic rings. The summed E-state index contributed by atoms with van der Waals surface area (Å²) in [5.41, 5.74) is 2.82. The highest BCUT2D eigenvalue weighted by atomic mass is 31.2. The van der Waals surface area contributed by atoms with Crippen molar-refractivity contribution in [2.75, 3.05) is 0 Å². The molecule has 0 aliphatic heterocycles. The first-order valence-electron chi connectivity index (χ1n) is 12.5. The topological polar surface area (TPSA) is 44.8 Å². The summed E-state index contributed by atoms with van der Waals surface area (Å²) >= 11 is 0. The van der Waals surface area contributed by atoms with Crippen molar-refractivity contribution in [3.63, 3.8) is 0 Å². The number of hydrogen-bond donors (Lipinski definition) is 0. The standard InChI is InChI=1S/C30H39O4P/c1-22(2)28(25-16-10-7-11-17-25)32-35(31,33-29(23(3)4)26-18-12-8-13-19-26)34-30(24(5)6)27-20-14-9-15-21-27/h7-24,28-30H,1-6H3. The SMILES string of the molecule is CC(C)C(OP(=O)(OC(c1ccccc1)C(C)C)OC(c1ccccc1)C(C)C)c1ccccc1. The third kappa shape index (κ3) is 7.62. The Kier molecular flexibility index (Phi) is 9.89. The van der Waals surface area contributed by atoms with E-state index in [0.29, 0.717) is 0 Å². The van der Waals surface area contributed by atoms with Gasteiger partial charge in [0.2, 0.25) is 0 Å². The molecule has 0 bridgehead atoms. The molecule has 0 aromatic heterocycles. The van der Waals surface area contributed by atoms with Crippen LogP contribution < -0.4 is 0 Å². The van der Waals surface area contributed by atoms with Crippen LogP contribution in [0.5, 0.6) is 0 Å². The van der Waals surface area contributed by atoms with Gasteiger partial charge in [0, 0.05) is 0 Å². The van der Waals surface area contributed by atoms with Gasteiger partial charge in [-0.2, -0.15) is 0 Å². The lowest BCUT2D eigenvalue weighted by Crippen LogP contribution is -2.19. The highest BCUT2D eigenvalue weighted by molar-refractivity contribution is 7.48. The molecule has 0 spiro atoms. The number of hydrogen-bond acceptors (Lipinski definition) is 4. The van der Waals surface area contributed by atoms with E-state index in [0.717, 1.165) is 16.7 Å². The van der Waals surface area contributed by atoms with Gasteiger partial charge in [-0.3, -0.25) is 13.6 Å². The number of benzene rings is 3. The van der Waals surface area contributed by atoms with Crippen LogP contribution in [0.25, 0.3) is 0 Å². The van der Waals surface area contributed by atoms with Gasteiger partial charge in [-0.15, -0.1) is 0 Å². The van der Waals surface area contributed by atoms with Crippen LogP contribution in [-0.2, 0) is 18.1 Å². The van der Waals surface area contributed by atoms with Crippen LogP contribution in [-0.4, -0.2) is 0 Å². The minimum absolute atomic E-state index is 0.0568. The van der Waals surface area contributed by atoms with Crippen molar-refractivity contribution < 1.29 is 18.1 Å². The minimum Gasteiger partial charge on any atom is -0.278 e. The molecule has 0 N–H and O–H groups in total. The minimum atomic E-state index is -4.05. The second-order valence-corrected chi connectivity index (χ2v) is 11.5. The Morgan fingerprint density at radius 1 is 0.457 bits per heavy atom. The number of rotatable bonds is 12. The fourth-order valence-electron chi connectivity index (χ4n) is 4.12. The quantitative estimate of drug-likeness (QED) is 0.235. The molecule has 0 aliphatic carbocycles. The summed E-state index contributed by atoms with van der Waals surface area (Å²) in [6, 6.07) is 29.6. The van der Waals surface area contributed by atoms with Gasteiger partial charge in [0.25, 0.3) is 0 Å². The zero-order valence-corrected chi connectivity index (χ0v) is 22.6. The average Bonchev–Trinajstić information content (AvgIpc) is 2.86. The van der Waals surface area contributed by atoms with Gasteiger partial charge < -0.3 is 0 Å². The predicted molar refractivity (Wildman–Crippen MR) is 143 cm³/mol. The van der Waals surface area contributed by atoms with Crippen molar-refractivity contribution in [1.82, 2.24) is 0 Å². The molecule has 0 fully saturated rings. The van der Waals surface area contributed by atoms with Gasteiger partial charge in [0.05, 0.1) is 18.3 Å². The Morgan fingerprint density at radius 2 is 0.686 bits per heavy atom. The highest BCUT2D eigenvalue weighted by Gasteiger charge is 2.40. The summed E-state index contributed by atoms with van der Waals surface area (Å²) in [5.74, 6) is 0.170. The normalized spacial score (nSPS) is 16.3. The van der Waals surface area contributed by atoms with Crippen LogP contribution in [0.3, 0.4) is 0 Å². The van der Waals surface area contributed by atoms with Crippen LogP contribution >= 0.6 is 7.82 Å². The highest BCUT2D eigenvalue weighted by Crippen LogP contribution is 2.61. The molecule has 4 nitrogen and oxygen atoms in total. The van der Waals surface area contributed by atoms with Crippen molar-refractivity contribution in [2.24, 2.45) is 17.8 Å². The molecule has 0 saturated heterocycles. The summed E-state index contributed by atoms with van der Waals surface area (Å²) in [7, 11) is -4.05. The zero-order valence-electron chi connectivity index (χ0n) is 21.7. The second-order valence-electron chi connectivity index (χ2n) is 9.99. The zero-order chi connectivity index (χ0) is 25.4. The summed E-state index contributed by atoms with van der Waals surface area (Å²) in [6.45, 7) is 12.3. The van der Waals surface area contributed by atoms with Gasteiger partial charge in [-0.1, -0.05) is 133 Å². The molecule has 0 heterocycles. The van der Waals surface area contributed by atoms with Gasteiger partial charge in [0.15, 0.2) is 0 Å². The molecule has 0 amide bonds. The molecular formula is C30H39O4P. The van der Waals surface area contributed by atoms with Gasteiger partial charge in [-0.25, -0.2) is 4.57 Å². The van der Waals surface area contributed by atoms with Crippen molar-refractivity contribution in [2.45, 2.75) is 59.9 Å². The monoisotopic (exact) mass is 494 g/mol. The van der Waals surface area contributed by atoms with Crippen LogP contribution in [0, 0.1) is 17.8 Å². The van der Waals surface area contributed by atoms with Gasteiger partial charge >= 0.3 is 7.82 Å². The Labute approximate surface area is 211 Å². The molecular weight excluding hydrogens is 455 g/mol. The molecule has 35 heavy (non-hydrogen) atoms. The van der Waals surface area contributed by atoms with Crippen LogP contribution in [0.15, 0.2) is 91.0 Å². The Balaban J connectivity index is 2.03. The lowest BCUT2D eigenvalue weighted by atomic mass is 9.99. The van der Waals surface area contributed by atoms with Crippen molar-refractivity contribution >= 4 is 7.82 Å². The van der Waals surface area contributed by atoms with E-state index in [2.05, 4.69) is 41.5 Å². The lowest BCUT2D eigenvalue weighted by molar-refractivity contribution is -0.00265. The smallest absolute Gasteiger partial charge is 0.278 e. The second kappa shape index (κ2) is 12.6. The van der Waals surface area contributed by atoms with Crippen molar-refractivity contribution in [3.05, 3.63) is 108 Å². The van der Waals surface area contributed by atoms with Crippen molar-refractivity contribution in [3.8, 4) is 0 Å². The molecule has 0 radical (unpaired) electrons. The molecule has 5 heteroatoms. The van der Waals surface area contributed by atoms with Crippen LogP contribution in [0.1, 0.15) is 76.5 Å². The lowest BCUT2D eigenvalue weighted by Gasteiger charge is -2.34. The van der Waals surface area contributed by atoms with E-state index in [-0.39, 0.29) is 17.8 Å². The van der Waals surface area contributed by atoms with Crippen LogP contribution in [0.2, 0.25) is 0 Å². The maximum Gasteiger partial charge on any atom is 0.476 e. The predicted octanol–water partition coefficient (Wildman–Crippen LogP) is 9.34. The third-order valence-corrected chi connectivity index (χ3v) is 7.38. The largest absolute Gasteiger partial charge is 0.476 e. The fraction of sp³-hybridized carbons (Fsp3) is 0.400. The molecule has 3 atom stereocenters. The molecule has 3 rings (SSSR count). The Hall–Kier alpha value is -2.23. The maximum absolute atomic E-state index is 14.6. The van der Waals surface area contributed by atoms with Gasteiger partial charge in [0.1, 0.15) is 0 Å². The van der Waals surface area contributed by atoms with E-state index in [1.54, 1.807) is 0 Å². The van der Waals surface area contributed by atoms with E-state index < -0.39 is 26.1 Å². The molecule has 3 unspecified atom stereocenters. The van der Waals surface area contributed by atoms with E-state index in [9.17, 15) is 4.57 Å². The maximum atomic E-state index is 14.6. The van der Waals surface area contributed by atoms with Gasteiger partial charge in [-0.05, 0) is 34.4 Å².